The highest BCUT2D eigenvalue weighted by Crippen LogP contribution is 2.28. The zero-order valence-electron chi connectivity index (χ0n) is 10.9. The number of hydrogen-bond acceptors (Lipinski definition) is 3. The number of pyridine rings is 2. The number of hydrogen-bond donors (Lipinski definition) is 1. The third kappa shape index (κ3) is 1.73. The number of fused-ring (bicyclic) bond motifs is 4. The second-order valence-corrected chi connectivity index (χ2v) is 4.88. The van der Waals surface area contributed by atoms with Gasteiger partial charge in [-0.25, -0.2) is 9.78 Å². The van der Waals surface area contributed by atoms with Gasteiger partial charge in [-0.3, -0.25) is 4.98 Å². The number of aromatic nitrogens is 2. The summed E-state index contributed by atoms with van der Waals surface area (Å²) < 4.78 is 0. The van der Waals surface area contributed by atoms with E-state index in [2.05, 4.69) is 9.97 Å². The van der Waals surface area contributed by atoms with E-state index in [0.717, 1.165) is 21.7 Å². The van der Waals surface area contributed by atoms with Gasteiger partial charge < -0.3 is 5.11 Å². The third-order valence-electron chi connectivity index (χ3n) is 3.62. The second-order valence-electron chi connectivity index (χ2n) is 4.88. The SMILES string of the molecule is O=C(O)c1cc2nc3ccccc3cc2c2cccnc12. The van der Waals surface area contributed by atoms with Gasteiger partial charge in [-0.2, -0.15) is 0 Å². The van der Waals surface area contributed by atoms with Crippen molar-refractivity contribution in [2.45, 2.75) is 0 Å². The monoisotopic (exact) mass is 274 g/mol. The minimum absolute atomic E-state index is 0.181. The number of nitrogens with zero attached hydrogens (tertiary/aromatic N) is 2. The van der Waals surface area contributed by atoms with Crippen LogP contribution in [-0.4, -0.2) is 21.0 Å². The number of carboxylic acid groups (broad SMARTS) is 1. The molecule has 4 rings (SSSR count). The van der Waals surface area contributed by atoms with Gasteiger partial charge in [-0.1, -0.05) is 24.3 Å². The van der Waals surface area contributed by atoms with Crippen LogP contribution in [0.25, 0.3) is 32.7 Å². The summed E-state index contributed by atoms with van der Waals surface area (Å²) in [5.74, 6) is -0.990. The maximum atomic E-state index is 11.5. The fourth-order valence-corrected chi connectivity index (χ4v) is 2.66. The third-order valence-corrected chi connectivity index (χ3v) is 3.62. The van der Waals surface area contributed by atoms with Crippen molar-refractivity contribution >= 4 is 38.7 Å². The van der Waals surface area contributed by atoms with E-state index in [1.165, 1.54) is 0 Å². The zero-order chi connectivity index (χ0) is 14.4. The van der Waals surface area contributed by atoms with E-state index in [0.29, 0.717) is 11.0 Å². The van der Waals surface area contributed by atoms with Gasteiger partial charge >= 0.3 is 5.97 Å². The molecule has 0 aliphatic carbocycles. The zero-order valence-corrected chi connectivity index (χ0v) is 10.9. The van der Waals surface area contributed by atoms with Crippen LogP contribution in [0.4, 0.5) is 0 Å². The van der Waals surface area contributed by atoms with E-state index in [4.69, 9.17) is 0 Å². The number of rotatable bonds is 1. The predicted octanol–water partition coefficient (Wildman–Crippen LogP) is 3.63. The molecule has 0 amide bonds. The number of carboxylic acids is 1. The molecule has 1 N–H and O–H groups in total. The van der Waals surface area contributed by atoms with Gasteiger partial charge in [0.25, 0.3) is 0 Å². The molecule has 0 saturated carbocycles. The van der Waals surface area contributed by atoms with Crippen LogP contribution in [0.3, 0.4) is 0 Å². The molecule has 2 heterocycles. The first-order valence-electron chi connectivity index (χ1n) is 6.54. The molecule has 0 radical (unpaired) electrons. The minimum atomic E-state index is -0.990. The molecule has 21 heavy (non-hydrogen) atoms. The standard InChI is InChI=1S/C17H10N2O2/c20-17(21)13-9-15-12(11-5-3-7-18-16(11)13)8-10-4-1-2-6-14(10)19-15/h1-9H,(H,20,21). The van der Waals surface area contributed by atoms with Crippen LogP contribution in [0.5, 0.6) is 0 Å². The normalized spacial score (nSPS) is 11.2. The molecule has 2 aromatic heterocycles. The van der Waals surface area contributed by atoms with E-state index >= 15 is 0 Å². The molecule has 2 aromatic carbocycles. The van der Waals surface area contributed by atoms with Crippen LogP contribution in [0.2, 0.25) is 0 Å². The summed E-state index contributed by atoms with van der Waals surface area (Å²) >= 11 is 0. The molecule has 0 unspecified atom stereocenters. The maximum absolute atomic E-state index is 11.5. The Bertz CT molecular complexity index is 1020. The minimum Gasteiger partial charge on any atom is -0.478 e. The lowest BCUT2D eigenvalue weighted by Gasteiger charge is -2.07. The van der Waals surface area contributed by atoms with E-state index in [1.54, 1.807) is 12.3 Å². The second kappa shape index (κ2) is 4.24. The van der Waals surface area contributed by atoms with Crippen molar-refractivity contribution in [2.75, 3.05) is 0 Å². The van der Waals surface area contributed by atoms with Crippen molar-refractivity contribution in [2.24, 2.45) is 0 Å². The average Bonchev–Trinajstić information content (AvgIpc) is 2.52. The summed E-state index contributed by atoms with van der Waals surface area (Å²) in [6.45, 7) is 0. The first-order chi connectivity index (χ1) is 10.2. The summed E-state index contributed by atoms with van der Waals surface area (Å²) in [6, 6.07) is 15.1. The Morgan fingerprint density at radius 2 is 1.81 bits per heavy atom. The number of aromatic carboxylic acids is 1. The predicted molar refractivity (Wildman–Crippen MR) is 81.5 cm³/mol. The van der Waals surface area contributed by atoms with E-state index in [-0.39, 0.29) is 5.56 Å². The lowest BCUT2D eigenvalue weighted by molar-refractivity contribution is 0.0699. The van der Waals surface area contributed by atoms with E-state index < -0.39 is 5.97 Å². The van der Waals surface area contributed by atoms with Crippen LogP contribution >= 0.6 is 0 Å². The molecule has 0 saturated heterocycles. The summed E-state index contributed by atoms with van der Waals surface area (Å²) in [6.07, 6.45) is 1.61. The van der Waals surface area contributed by atoms with Crippen molar-refractivity contribution in [3.8, 4) is 0 Å². The Morgan fingerprint density at radius 3 is 2.67 bits per heavy atom. The maximum Gasteiger partial charge on any atom is 0.337 e. The van der Waals surface area contributed by atoms with Gasteiger partial charge in [0.1, 0.15) is 0 Å². The molecule has 0 aliphatic rings. The van der Waals surface area contributed by atoms with Gasteiger partial charge in [0.05, 0.1) is 22.1 Å². The Morgan fingerprint density at radius 1 is 0.952 bits per heavy atom. The first kappa shape index (κ1) is 11.8. The largest absolute Gasteiger partial charge is 0.478 e. The van der Waals surface area contributed by atoms with Crippen molar-refractivity contribution in [1.82, 2.24) is 9.97 Å². The Kier molecular flexibility index (Phi) is 2.38. The lowest BCUT2D eigenvalue weighted by atomic mass is 10.0. The molecule has 100 valence electrons. The quantitative estimate of drug-likeness (QED) is 0.425. The van der Waals surface area contributed by atoms with Gasteiger partial charge in [-0.05, 0) is 24.3 Å². The van der Waals surface area contributed by atoms with E-state index in [9.17, 15) is 9.90 Å². The van der Waals surface area contributed by atoms with Crippen molar-refractivity contribution in [1.29, 1.82) is 0 Å². The van der Waals surface area contributed by atoms with Gasteiger partial charge in [0, 0.05) is 22.4 Å². The molecule has 0 bridgehead atoms. The smallest absolute Gasteiger partial charge is 0.337 e. The number of para-hydroxylation sites is 1. The van der Waals surface area contributed by atoms with Crippen LogP contribution in [0, 0.1) is 0 Å². The van der Waals surface area contributed by atoms with Crippen LogP contribution < -0.4 is 0 Å². The van der Waals surface area contributed by atoms with Crippen molar-refractivity contribution in [3.05, 3.63) is 60.3 Å². The molecular formula is C17H10N2O2. The summed E-state index contributed by atoms with van der Waals surface area (Å²) in [7, 11) is 0. The molecule has 0 fully saturated rings. The topological polar surface area (TPSA) is 63.1 Å². The Hall–Kier alpha value is -3.01. The highest BCUT2D eigenvalue weighted by Gasteiger charge is 2.14. The number of carbonyl (C=O) groups is 1. The molecule has 0 atom stereocenters. The fourth-order valence-electron chi connectivity index (χ4n) is 2.66. The molecular weight excluding hydrogens is 264 g/mol. The van der Waals surface area contributed by atoms with E-state index in [1.807, 2.05) is 42.5 Å². The van der Waals surface area contributed by atoms with Crippen LogP contribution in [0.15, 0.2) is 54.7 Å². The van der Waals surface area contributed by atoms with Crippen molar-refractivity contribution < 1.29 is 9.90 Å². The average molecular weight is 274 g/mol. The van der Waals surface area contributed by atoms with Gasteiger partial charge in [-0.15, -0.1) is 0 Å². The van der Waals surface area contributed by atoms with Gasteiger partial charge in [0.2, 0.25) is 0 Å². The van der Waals surface area contributed by atoms with Crippen molar-refractivity contribution in [3.63, 3.8) is 0 Å². The molecule has 4 heteroatoms. The summed E-state index contributed by atoms with van der Waals surface area (Å²) in [4.78, 5) is 20.3. The summed E-state index contributed by atoms with van der Waals surface area (Å²) in [5.41, 5.74) is 2.20. The first-order valence-corrected chi connectivity index (χ1v) is 6.54. The molecule has 4 nitrogen and oxygen atoms in total. The molecule has 0 aliphatic heterocycles. The van der Waals surface area contributed by atoms with Crippen LogP contribution in [-0.2, 0) is 0 Å². The Balaban J connectivity index is 2.26. The number of benzene rings is 2. The summed E-state index contributed by atoms with van der Waals surface area (Å²) in [5, 5.41) is 12.1. The molecule has 4 aromatic rings. The lowest BCUT2D eigenvalue weighted by Crippen LogP contribution is -2.00. The highest BCUT2D eigenvalue weighted by atomic mass is 16.4. The Labute approximate surface area is 119 Å². The highest BCUT2D eigenvalue weighted by molar-refractivity contribution is 6.15. The molecule has 0 spiro atoms. The fraction of sp³-hybridized carbons (Fsp3) is 0. The van der Waals surface area contributed by atoms with Crippen LogP contribution in [0.1, 0.15) is 10.4 Å². The van der Waals surface area contributed by atoms with Gasteiger partial charge in [0.15, 0.2) is 0 Å².